The lowest BCUT2D eigenvalue weighted by Gasteiger charge is -2.72. The summed E-state index contributed by atoms with van der Waals surface area (Å²) in [5, 5.41) is 21.8. The molecule has 7 heteroatoms. The standard InChI is InChI=1S/C43H62N2O5/c1-28(2)30-15-21-43(38(50)44-24-26-45(27-36(48)49)25-18-35(46)47)23-22-41(6)32(37(30)43)13-14-34-40(5)19-16-31(29-11-9-8-10-12-29)39(3,4)33(40)17-20-42(34,41)7/h8-12,16,30,32-34,37H,1,13-15,17-27H2,2-7H3,(H,44,50)(H,46,47)(H,48,49)/t30-,32+,33-,34+,37+,40-,41+,42+,43-/m0/s1. The lowest BCUT2D eigenvalue weighted by atomic mass is 9.32. The van der Waals surface area contributed by atoms with Crippen molar-refractivity contribution in [3.63, 3.8) is 0 Å². The summed E-state index contributed by atoms with van der Waals surface area (Å²) in [6, 6.07) is 11.0. The molecule has 0 spiro atoms. The first kappa shape index (κ1) is 36.8. The number of benzene rings is 1. The molecule has 0 saturated heterocycles. The molecule has 4 fully saturated rings. The van der Waals surface area contributed by atoms with Gasteiger partial charge < -0.3 is 15.5 Å². The number of aliphatic carboxylic acids is 2. The van der Waals surface area contributed by atoms with Gasteiger partial charge in [0.1, 0.15) is 0 Å². The van der Waals surface area contributed by atoms with Crippen molar-refractivity contribution in [1.82, 2.24) is 10.2 Å². The van der Waals surface area contributed by atoms with E-state index in [1.165, 1.54) is 36.0 Å². The fraction of sp³-hybridized carbons (Fsp3) is 0.698. The minimum Gasteiger partial charge on any atom is -0.481 e. The quantitative estimate of drug-likeness (QED) is 0.202. The minimum atomic E-state index is -0.997. The molecule has 1 aromatic carbocycles. The molecule has 4 saturated carbocycles. The fourth-order valence-electron chi connectivity index (χ4n) is 13.5. The van der Waals surface area contributed by atoms with Crippen molar-refractivity contribution in [2.45, 2.75) is 106 Å². The van der Waals surface area contributed by atoms with Gasteiger partial charge in [0.05, 0.1) is 18.4 Å². The Bertz CT molecular complexity index is 1530. The van der Waals surface area contributed by atoms with Crippen LogP contribution in [0, 0.1) is 56.7 Å². The monoisotopic (exact) mass is 686 g/mol. The molecule has 1 aromatic rings. The molecule has 0 radical (unpaired) electrons. The average molecular weight is 687 g/mol. The lowest BCUT2D eigenvalue weighted by molar-refractivity contribution is -0.225. The van der Waals surface area contributed by atoms with Crippen LogP contribution in [0.4, 0.5) is 0 Å². The smallest absolute Gasteiger partial charge is 0.317 e. The molecule has 50 heavy (non-hydrogen) atoms. The van der Waals surface area contributed by atoms with Crippen LogP contribution in [0.1, 0.15) is 111 Å². The van der Waals surface area contributed by atoms with Crippen LogP contribution in [0.2, 0.25) is 0 Å². The highest BCUT2D eigenvalue weighted by atomic mass is 16.4. The number of fused-ring (bicyclic) bond motifs is 7. The van der Waals surface area contributed by atoms with Crippen molar-refractivity contribution >= 4 is 23.4 Å². The van der Waals surface area contributed by atoms with Gasteiger partial charge in [-0.1, -0.05) is 83.2 Å². The average Bonchev–Trinajstić information content (AvgIpc) is 3.45. The van der Waals surface area contributed by atoms with E-state index in [2.05, 4.69) is 89.8 Å². The zero-order chi connectivity index (χ0) is 36.3. The number of hydrogen-bond donors (Lipinski definition) is 3. The molecular weight excluding hydrogens is 624 g/mol. The van der Waals surface area contributed by atoms with Crippen LogP contribution in [-0.4, -0.2) is 59.1 Å². The van der Waals surface area contributed by atoms with E-state index in [-0.39, 0.29) is 53.0 Å². The van der Waals surface area contributed by atoms with E-state index >= 15 is 0 Å². The normalized spacial score (nSPS) is 38.5. The molecule has 1 amide bonds. The summed E-state index contributed by atoms with van der Waals surface area (Å²) in [6.07, 6.45) is 12.2. The SMILES string of the molecule is C=C(C)[C@@H]1CC[C@]2(C(=O)NCCN(CCC(=O)O)CC(=O)O)CC[C@]3(C)[C@H](CC[C@@H]4[C@@]5(C)CC=C(c6ccccc6)C(C)(C)[C@@H]5CC[C@]43C)[C@@H]12. The molecule has 7 nitrogen and oxygen atoms in total. The number of carbonyl (C=O) groups is 3. The van der Waals surface area contributed by atoms with Gasteiger partial charge in [-0.25, -0.2) is 0 Å². The molecule has 0 heterocycles. The maximum Gasteiger partial charge on any atom is 0.317 e. The summed E-state index contributed by atoms with van der Waals surface area (Å²) in [4.78, 5) is 38.7. The number of carboxylic acids is 2. The summed E-state index contributed by atoms with van der Waals surface area (Å²) in [6.45, 7) is 20.1. The molecular formula is C43H62N2O5. The molecule has 6 rings (SSSR count). The van der Waals surface area contributed by atoms with Crippen molar-refractivity contribution in [2.75, 3.05) is 26.2 Å². The van der Waals surface area contributed by atoms with Gasteiger partial charge in [0.15, 0.2) is 0 Å². The molecule has 5 aliphatic carbocycles. The van der Waals surface area contributed by atoms with Crippen LogP contribution < -0.4 is 5.32 Å². The van der Waals surface area contributed by atoms with Crippen molar-refractivity contribution in [3.05, 3.63) is 54.1 Å². The third kappa shape index (κ3) is 5.78. The fourth-order valence-corrected chi connectivity index (χ4v) is 13.5. The zero-order valence-corrected chi connectivity index (χ0v) is 31.5. The number of hydrogen-bond acceptors (Lipinski definition) is 4. The Labute approximate surface area is 300 Å². The van der Waals surface area contributed by atoms with Crippen molar-refractivity contribution in [3.8, 4) is 0 Å². The van der Waals surface area contributed by atoms with Crippen molar-refractivity contribution in [1.29, 1.82) is 0 Å². The van der Waals surface area contributed by atoms with Gasteiger partial charge in [-0.05, 0) is 127 Å². The van der Waals surface area contributed by atoms with Gasteiger partial charge in [-0.3, -0.25) is 19.3 Å². The number of amides is 1. The summed E-state index contributed by atoms with van der Waals surface area (Å²) < 4.78 is 0. The molecule has 0 aromatic heterocycles. The van der Waals surface area contributed by atoms with Gasteiger partial charge in [-0.2, -0.15) is 0 Å². The van der Waals surface area contributed by atoms with Crippen LogP contribution in [-0.2, 0) is 14.4 Å². The van der Waals surface area contributed by atoms with Gasteiger partial charge in [0.2, 0.25) is 5.91 Å². The Morgan fingerprint density at radius 2 is 1.58 bits per heavy atom. The molecule has 5 aliphatic rings. The molecule has 0 aliphatic heterocycles. The molecule has 274 valence electrons. The van der Waals surface area contributed by atoms with Crippen LogP contribution in [0.15, 0.2) is 48.6 Å². The maximum absolute atomic E-state index is 14.5. The van der Waals surface area contributed by atoms with E-state index in [9.17, 15) is 19.5 Å². The maximum atomic E-state index is 14.5. The second kappa shape index (κ2) is 13.2. The number of carboxylic acid groups (broad SMARTS) is 2. The Balaban J connectivity index is 1.26. The van der Waals surface area contributed by atoms with Gasteiger partial charge in [-0.15, -0.1) is 0 Å². The van der Waals surface area contributed by atoms with E-state index in [0.717, 1.165) is 38.5 Å². The van der Waals surface area contributed by atoms with Crippen LogP contribution >= 0.6 is 0 Å². The molecule has 3 N–H and O–H groups in total. The van der Waals surface area contributed by atoms with E-state index in [4.69, 9.17) is 5.11 Å². The molecule has 9 atom stereocenters. The first-order valence-electron chi connectivity index (χ1n) is 19.4. The van der Waals surface area contributed by atoms with Gasteiger partial charge in [0.25, 0.3) is 0 Å². The second-order valence-corrected chi connectivity index (χ2v) is 18.3. The number of nitrogens with zero attached hydrogens (tertiary/aromatic N) is 1. The van der Waals surface area contributed by atoms with Gasteiger partial charge in [0, 0.05) is 19.6 Å². The van der Waals surface area contributed by atoms with Crippen LogP contribution in [0.3, 0.4) is 0 Å². The molecule has 0 bridgehead atoms. The zero-order valence-electron chi connectivity index (χ0n) is 31.5. The first-order valence-corrected chi connectivity index (χ1v) is 19.4. The lowest BCUT2D eigenvalue weighted by Crippen LogP contribution is -2.66. The number of allylic oxidation sites excluding steroid dienone is 3. The highest BCUT2D eigenvalue weighted by molar-refractivity contribution is 5.84. The third-order valence-electron chi connectivity index (χ3n) is 15.9. The van der Waals surface area contributed by atoms with Gasteiger partial charge >= 0.3 is 11.9 Å². The minimum absolute atomic E-state index is 0.0947. The number of nitrogens with one attached hydrogen (secondary N) is 1. The van der Waals surface area contributed by atoms with Crippen molar-refractivity contribution < 1.29 is 24.6 Å². The van der Waals surface area contributed by atoms with E-state index < -0.39 is 17.4 Å². The largest absolute Gasteiger partial charge is 0.481 e. The van der Waals surface area contributed by atoms with Crippen LogP contribution in [0.25, 0.3) is 5.57 Å². The van der Waals surface area contributed by atoms with Crippen molar-refractivity contribution in [2.24, 2.45) is 56.7 Å². The predicted molar refractivity (Wildman–Crippen MR) is 198 cm³/mol. The molecule has 0 unspecified atom stereocenters. The Hall–Kier alpha value is -2.93. The highest BCUT2D eigenvalue weighted by Gasteiger charge is 2.71. The van der Waals surface area contributed by atoms with E-state index in [1.807, 2.05) is 0 Å². The summed E-state index contributed by atoms with van der Waals surface area (Å²) in [5.74, 6) is 0.407. The Morgan fingerprint density at radius 1 is 0.860 bits per heavy atom. The number of rotatable bonds is 11. The number of carbonyl (C=O) groups excluding carboxylic acids is 1. The third-order valence-corrected chi connectivity index (χ3v) is 15.9. The first-order chi connectivity index (χ1) is 23.5. The summed E-state index contributed by atoms with van der Waals surface area (Å²) in [7, 11) is 0. The van der Waals surface area contributed by atoms with E-state index in [1.54, 1.807) is 4.90 Å². The second-order valence-electron chi connectivity index (χ2n) is 18.3. The van der Waals surface area contributed by atoms with E-state index in [0.29, 0.717) is 36.8 Å². The summed E-state index contributed by atoms with van der Waals surface area (Å²) >= 11 is 0. The summed E-state index contributed by atoms with van der Waals surface area (Å²) in [5.41, 5.74) is 4.26. The Morgan fingerprint density at radius 3 is 2.24 bits per heavy atom. The van der Waals surface area contributed by atoms with Crippen LogP contribution in [0.5, 0.6) is 0 Å². The predicted octanol–water partition coefficient (Wildman–Crippen LogP) is 8.32. The Kier molecular flexibility index (Phi) is 9.76. The highest BCUT2D eigenvalue weighted by Crippen LogP contribution is 2.77. The topological polar surface area (TPSA) is 107 Å².